The minimum atomic E-state index is 0.206. The maximum atomic E-state index is 2.50. The molecule has 0 spiro atoms. The van der Waals surface area contributed by atoms with Crippen molar-refractivity contribution < 1.29 is 0 Å². The number of thiophene rings is 3. The summed E-state index contributed by atoms with van der Waals surface area (Å²) in [5.74, 6) is 0.589. The van der Waals surface area contributed by atoms with Gasteiger partial charge >= 0.3 is 0 Å². The van der Waals surface area contributed by atoms with Gasteiger partial charge in [0.1, 0.15) is 0 Å². The average molecular weight is 747 g/mol. The fourth-order valence-electron chi connectivity index (χ4n) is 9.66. The van der Waals surface area contributed by atoms with E-state index in [4.69, 9.17) is 0 Å². The Kier molecular flexibility index (Phi) is 10.6. The maximum Gasteiger partial charge on any atom is 0.255 e. The van der Waals surface area contributed by atoms with Crippen molar-refractivity contribution in [2.24, 2.45) is 5.92 Å². The van der Waals surface area contributed by atoms with Crippen LogP contribution in [0.2, 0.25) is 0 Å². The molecule has 268 valence electrons. The first-order valence-electron chi connectivity index (χ1n) is 19.1. The van der Waals surface area contributed by atoms with Crippen LogP contribution in [0.4, 0.5) is 0 Å². The molecule has 6 aromatic rings. The Morgan fingerprint density at radius 1 is 0.453 bits per heavy atom. The lowest BCUT2D eigenvalue weighted by molar-refractivity contribution is 0.697. The lowest BCUT2D eigenvalue weighted by Gasteiger charge is -2.28. The first kappa shape index (κ1) is 37.7. The van der Waals surface area contributed by atoms with Gasteiger partial charge in [0.2, 0.25) is 0 Å². The summed E-state index contributed by atoms with van der Waals surface area (Å²) in [6, 6.07) is 28.5. The third-order valence-electron chi connectivity index (χ3n) is 11.3. The van der Waals surface area contributed by atoms with Crippen molar-refractivity contribution in [3.05, 3.63) is 146 Å². The second-order valence-corrected chi connectivity index (χ2v) is 19.4. The van der Waals surface area contributed by atoms with Crippen LogP contribution in [0.3, 0.4) is 0 Å². The Balaban J connectivity index is 1.27. The first-order chi connectivity index (χ1) is 25.2. The summed E-state index contributed by atoms with van der Waals surface area (Å²) >= 11 is 5.89. The fraction of sp³-hybridized carbons (Fsp3) is 0.292. The second kappa shape index (κ2) is 14.9. The van der Waals surface area contributed by atoms with Crippen molar-refractivity contribution in [2.75, 3.05) is 0 Å². The highest BCUT2D eigenvalue weighted by Crippen LogP contribution is 2.39. The van der Waals surface area contributed by atoms with Crippen LogP contribution in [0.1, 0.15) is 77.3 Å². The summed E-state index contributed by atoms with van der Waals surface area (Å²) in [7, 11) is 0. The van der Waals surface area contributed by atoms with Gasteiger partial charge in [0.15, 0.2) is 0 Å². The Morgan fingerprint density at radius 3 is 1.19 bits per heavy atom. The van der Waals surface area contributed by atoms with Gasteiger partial charge < -0.3 is 0 Å². The van der Waals surface area contributed by atoms with E-state index in [-0.39, 0.29) is 13.4 Å². The van der Waals surface area contributed by atoms with Crippen LogP contribution in [-0.4, -0.2) is 13.4 Å². The molecular weight excluding hydrogens is 694 g/mol. The fourth-order valence-corrected chi connectivity index (χ4v) is 13.1. The lowest BCUT2D eigenvalue weighted by atomic mass is 9.35. The van der Waals surface area contributed by atoms with E-state index in [1.807, 2.05) is 34.0 Å². The molecule has 3 aromatic heterocycles. The van der Waals surface area contributed by atoms with Gasteiger partial charge in [-0.2, -0.15) is 0 Å². The summed E-state index contributed by atoms with van der Waals surface area (Å²) < 4.78 is 2.86. The van der Waals surface area contributed by atoms with Gasteiger partial charge in [0.05, 0.1) is 0 Å². The van der Waals surface area contributed by atoms with Gasteiger partial charge in [-0.15, -0.1) is 34.0 Å². The molecule has 1 aliphatic carbocycles. The molecule has 0 radical (unpaired) electrons. The summed E-state index contributed by atoms with van der Waals surface area (Å²) in [4.78, 5) is 5.41. The van der Waals surface area contributed by atoms with Crippen LogP contribution in [-0.2, 0) is 0 Å². The Hall–Kier alpha value is -3.63. The van der Waals surface area contributed by atoms with Crippen LogP contribution in [0.15, 0.2) is 95.5 Å². The molecule has 0 nitrogen and oxygen atoms in total. The molecule has 53 heavy (non-hydrogen) atoms. The van der Waals surface area contributed by atoms with Crippen molar-refractivity contribution in [3.8, 4) is 19.5 Å². The smallest absolute Gasteiger partial charge is 0.148 e. The van der Waals surface area contributed by atoms with Gasteiger partial charge in [-0.3, -0.25) is 0 Å². The molecule has 0 bridgehead atoms. The molecule has 0 aliphatic heterocycles. The Labute approximate surface area is 331 Å². The van der Waals surface area contributed by atoms with Gasteiger partial charge in [0.25, 0.3) is 13.4 Å². The highest BCUT2D eigenvalue weighted by Gasteiger charge is 2.33. The maximum absolute atomic E-state index is 2.50. The molecule has 3 heterocycles. The summed E-state index contributed by atoms with van der Waals surface area (Å²) in [6.45, 7) is 28.0. The van der Waals surface area contributed by atoms with Gasteiger partial charge in [-0.25, -0.2) is 0 Å². The molecule has 0 N–H and O–H groups in total. The van der Waals surface area contributed by atoms with E-state index in [1.165, 1.54) is 112 Å². The number of allylic oxidation sites excluding steroid dienone is 4. The molecule has 1 atom stereocenters. The third kappa shape index (κ3) is 7.30. The molecular formula is C48H52B2S3. The first-order valence-corrected chi connectivity index (χ1v) is 21.6. The van der Waals surface area contributed by atoms with E-state index in [9.17, 15) is 0 Å². The minimum absolute atomic E-state index is 0.206. The molecule has 5 heteroatoms. The zero-order chi connectivity index (χ0) is 37.9. The van der Waals surface area contributed by atoms with Crippen LogP contribution in [0.25, 0.3) is 19.5 Å². The Morgan fingerprint density at radius 2 is 0.792 bits per heavy atom. The predicted molar refractivity (Wildman–Crippen MR) is 243 cm³/mol. The van der Waals surface area contributed by atoms with Crippen molar-refractivity contribution in [3.63, 3.8) is 0 Å². The van der Waals surface area contributed by atoms with Gasteiger partial charge in [0, 0.05) is 19.5 Å². The van der Waals surface area contributed by atoms with Crippen LogP contribution in [0, 0.1) is 68.2 Å². The summed E-state index contributed by atoms with van der Waals surface area (Å²) in [5.41, 5.74) is 21.2. The van der Waals surface area contributed by atoms with Crippen LogP contribution < -0.4 is 25.9 Å². The predicted octanol–water partition coefficient (Wildman–Crippen LogP) is 10.9. The monoisotopic (exact) mass is 746 g/mol. The summed E-state index contributed by atoms with van der Waals surface area (Å²) in [6.07, 6.45) is 3.63. The standard InChI is InChI=1S/C48H52B2S3/c1-27-19-31(5)45(32(6)20-27)49(46-33(7)21-28(2)22-34(46)8)43-17-15-41(52-43)39-13-14-40(51-39)42-16-18-44(53-42)50(47-35(9)23-29(3)24-36(47)10)48-37(11)25-30(4)26-38(48)12/h13-25,30H,26H2,1-12H3. The van der Waals surface area contributed by atoms with Crippen molar-refractivity contribution >= 4 is 73.4 Å². The van der Waals surface area contributed by atoms with Gasteiger partial charge in [-0.1, -0.05) is 145 Å². The normalized spacial score (nSPS) is 14.6. The topological polar surface area (TPSA) is 0 Å². The van der Waals surface area contributed by atoms with E-state index < -0.39 is 0 Å². The number of hydrogen-bond donors (Lipinski definition) is 0. The zero-order valence-electron chi connectivity index (χ0n) is 33.7. The SMILES string of the molecule is CC1=CC(C)CC(C)=C1B(c1ccc(-c2ccc(-c3ccc(B(c4c(C)cc(C)cc4C)c4c(C)cc(C)cc4C)s3)s2)s1)c1c(C)cc(C)cc1C. The third-order valence-corrected chi connectivity index (χ3v) is 15.1. The average Bonchev–Trinajstić information content (AvgIpc) is 3.83. The van der Waals surface area contributed by atoms with E-state index >= 15 is 0 Å². The number of hydrogen-bond acceptors (Lipinski definition) is 3. The molecule has 7 rings (SSSR count). The van der Waals surface area contributed by atoms with Crippen molar-refractivity contribution in [2.45, 2.75) is 89.5 Å². The van der Waals surface area contributed by atoms with E-state index in [1.54, 1.807) is 0 Å². The van der Waals surface area contributed by atoms with E-state index in [2.05, 4.69) is 162 Å². The second-order valence-electron chi connectivity index (χ2n) is 16.1. The highest BCUT2D eigenvalue weighted by molar-refractivity contribution is 7.33. The molecule has 3 aromatic carbocycles. The summed E-state index contributed by atoms with van der Waals surface area (Å²) in [5, 5.41) is 0. The highest BCUT2D eigenvalue weighted by atomic mass is 32.1. The van der Waals surface area contributed by atoms with Crippen LogP contribution >= 0.6 is 34.0 Å². The van der Waals surface area contributed by atoms with E-state index in [0.29, 0.717) is 5.92 Å². The molecule has 0 fully saturated rings. The van der Waals surface area contributed by atoms with Crippen molar-refractivity contribution in [1.82, 2.24) is 0 Å². The molecule has 0 amide bonds. The van der Waals surface area contributed by atoms with Crippen molar-refractivity contribution in [1.29, 1.82) is 0 Å². The molecule has 0 saturated carbocycles. The number of rotatable bonds is 8. The van der Waals surface area contributed by atoms with Gasteiger partial charge in [-0.05, 0) is 122 Å². The lowest BCUT2D eigenvalue weighted by Crippen LogP contribution is -2.54. The molecule has 0 saturated heterocycles. The minimum Gasteiger partial charge on any atom is -0.148 e. The quantitative estimate of drug-likeness (QED) is 0.136. The van der Waals surface area contributed by atoms with E-state index in [0.717, 1.165) is 6.42 Å². The molecule has 1 aliphatic rings. The van der Waals surface area contributed by atoms with Crippen LogP contribution in [0.5, 0.6) is 0 Å². The zero-order valence-corrected chi connectivity index (χ0v) is 36.1. The number of aryl methyl sites for hydroxylation is 9. The largest absolute Gasteiger partial charge is 0.255 e. The Bertz CT molecular complexity index is 2300. The number of benzene rings is 3. The molecule has 1 unspecified atom stereocenters.